The first kappa shape index (κ1) is 26.4. The second kappa shape index (κ2) is 9.89. The van der Waals surface area contributed by atoms with Gasteiger partial charge in [0, 0.05) is 55.0 Å². The molecule has 7 aromatic carbocycles. The van der Waals surface area contributed by atoms with Gasteiger partial charge in [0.25, 0.3) is 0 Å². The van der Waals surface area contributed by atoms with Crippen LogP contribution >= 0.6 is 0 Å². The summed E-state index contributed by atoms with van der Waals surface area (Å²) in [4.78, 5) is 10.5. The molecule has 0 N–H and O–H groups in total. The van der Waals surface area contributed by atoms with Gasteiger partial charge >= 0.3 is 0 Å². The van der Waals surface area contributed by atoms with Crippen LogP contribution in [0.25, 0.3) is 99.3 Å². The van der Waals surface area contributed by atoms with Crippen molar-refractivity contribution >= 4 is 76.5 Å². The van der Waals surface area contributed by atoms with Crippen molar-refractivity contribution in [2.24, 2.45) is 0 Å². The predicted molar refractivity (Wildman–Crippen MR) is 201 cm³/mol. The van der Waals surface area contributed by atoms with Gasteiger partial charge in [-0.3, -0.25) is 4.57 Å². The maximum absolute atomic E-state index is 6.34. The minimum atomic E-state index is 0.655. The molecule has 0 fully saturated rings. The molecular weight excluding hydrogens is 601 g/mol. The topological polar surface area (TPSA) is 48.8 Å². The maximum Gasteiger partial charge on any atom is 0.235 e. The Bertz CT molecular complexity index is 3110. The molecule has 0 bridgehead atoms. The van der Waals surface area contributed by atoms with Gasteiger partial charge < -0.3 is 8.98 Å². The zero-order chi connectivity index (χ0) is 32.1. The first-order chi connectivity index (χ1) is 24.3. The minimum Gasteiger partial charge on any atom is -0.456 e. The van der Waals surface area contributed by atoms with Gasteiger partial charge in [-0.2, -0.15) is 0 Å². The van der Waals surface area contributed by atoms with E-state index >= 15 is 0 Å². The quantitative estimate of drug-likeness (QED) is 0.196. The lowest BCUT2D eigenvalue weighted by atomic mass is 10.1. The monoisotopic (exact) mass is 626 g/mol. The lowest BCUT2D eigenvalue weighted by Gasteiger charge is -2.12. The van der Waals surface area contributed by atoms with Crippen molar-refractivity contribution in [2.75, 3.05) is 0 Å². The molecule has 0 spiro atoms. The summed E-state index contributed by atoms with van der Waals surface area (Å²) in [7, 11) is 0. The fourth-order valence-corrected chi connectivity index (χ4v) is 7.85. The average molecular weight is 627 g/mol. The van der Waals surface area contributed by atoms with E-state index in [1.807, 2.05) is 24.3 Å². The zero-order valence-electron chi connectivity index (χ0n) is 26.2. The highest BCUT2D eigenvalue weighted by molar-refractivity contribution is 6.29. The van der Waals surface area contributed by atoms with E-state index in [9.17, 15) is 0 Å². The normalized spacial score (nSPS) is 12.1. The molecule has 0 aliphatic rings. The molecule has 11 rings (SSSR count). The van der Waals surface area contributed by atoms with Gasteiger partial charge in [0.15, 0.2) is 0 Å². The number of hydrogen-bond donors (Lipinski definition) is 0. The smallest absolute Gasteiger partial charge is 0.235 e. The van der Waals surface area contributed by atoms with E-state index in [4.69, 9.17) is 14.4 Å². The van der Waals surface area contributed by atoms with E-state index < -0.39 is 0 Å². The standard InChI is InChI=1S/C44H26N4O/c1-2-12-27(13-3-1)43-31-15-4-8-18-34(31)45-44(46-43)48-36-20-10-6-17-33(36)42-38(48)25-24-37-41(42)32-16-5-9-19-35(32)47(37)28-22-23-30-29-14-7-11-21-39(29)49-40(30)26-28/h1-26H. The van der Waals surface area contributed by atoms with Crippen LogP contribution in [0.1, 0.15) is 0 Å². The number of aromatic nitrogens is 4. The second-order valence-corrected chi connectivity index (χ2v) is 12.6. The van der Waals surface area contributed by atoms with Gasteiger partial charge in [0.2, 0.25) is 5.95 Å². The summed E-state index contributed by atoms with van der Waals surface area (Å²) in [5.74, 6) is 0.655. The molecule has 0 radical (unpaired) electrons. The van der Waals surface area contributed by atoms with Gasteiger partial charge in [-0.15, -0.1) is 0 Å². The molecule has 5 nitrogen and oxygen atoms in total. The van der Waals surface area contributed by atoms with Gasteiger partial charge in [0.1, 0.15) is 11.2 Å². The summed E-state index contributed by atoms with van der Waals surface area (Å²) in [5, 5.41) is 8.03. The summed E-state index contributed by atoms with van der Waals surface area (Å²) in [6, 6.07) is 55.2. The Morgan fingerprint density at radius 3 is 1.78 bits per heavy atom. The van der Waals surface area contributed by atoms with Crippen LogP contribution in [-0.2, 0) is 0 Å². The molecule has 11 aromatic rings. The van der Waals surface area contributed by atoms with E-state index in [0.717, 1.165) is 77.2 Å². The molecule has 0 atom stereocenters. The summed E-state index contributed by atoms with van der Waals surface area (Å²) in [6.07, 6.45) is 0. The van der Waals surface area contributed by atoms with E-state index in [2.05, 4.69) is 143 Å². The number of para-hydroxylation sites is 4. The highest BCUT2D eigenvalue weighted by Crippen LogP contribution is 2.43. The Labute approximate surface area is 279 Å². The van der Waals surface area contributed by atoms with E-state index in [1.54, 1.807) is 0 Å². The first-order valence-electron chi connectivity index (χ1n) is 16.5. The van der Waals surface area contributed by atoms with Crippen molar-refractivity contribution in [1.82, 2.24) is 19.1 Å². The van der Waals surface area contributed by atoms with Gasteiger partial charge in [-0.05, 0) is 48.5 Å². The Kier molecular flexibility index (Phi) is 5.32. The summed E-state index contributed by atoms with van der Waals surface area (Å²) >= 11 is 0. The first-order valence-corrected chi connectivity index (χ1v) is 16.5. The molecule has 0 aliphatic carbocycles. The van der Waals surface area contributed by atoms with Crippen LogP contribution in [0.2, 0.25) is 0 Å². The summed E-state index contributed by atoms with van der Waals surface area (Å²) in [5.41, 5.74) is 10.2. The van der Waals surface area contributed by atoms with Crippen LogP contribution in [0.3, 0.4) is 0 Å². The average Bonchev–Trinajstić information content (AvgIpc) is 3.82. The van der Waals surface area contributed by atoms with Crippen molar-refractivity contribution in [3.05, 3.63) is 158 Å². The number of furan rings is 1. The lowest BCUT2D eigenvalue weighted by Crippen LogP contribution is -2.03. The SMILES string of the molecule is c1ccc(-c2nc(-n3c4ccccc4c4c5c6ccccc6n(-c6ccc7c(c6)oc6ccccc67)c5ccc43)nc3ccccc23)cc1. The molecule has 0 unspecified atom stereocenters. The molecule has 0 amide bonds. The van der Waals surface area contributed by atoms with E-state index in [0.29, 0.717) is 5.95 Å². The van der Waals surface area contributed by atoms with E-state index in [1.165, 1.54) is 16.2 Å². The van der Waals surface area contributed by atoms with Crippen LogP contribution in [0, 0.1) is 0 Å². The third kappa shape index (κ3) is 3.70. The van der Waals surface area contributed by atoms with E-state index in [-0.39, 0.29) is 0 Å². The van der Waals surface area contributed by atoms with Crippen LogP contribution < -0.4 is 0 Å². The number of hydrogen-bond acceptors (Lipinski definition) is 3. The second-order valence-electron chi connectivity index (χ2n) is 12.6. The molecule has 49 heavy (non-hydrogen) atoms. The molecule has 0 saturated carbocycles. The largest absolute Gasteiger partial charge is 0.456 e. The molecule has 4 aromatic heterocycles. The minimum absolute atomic E-state index is 0.655. The van der Waals surface area contributed by atoms with Crippen LogP contribution in [-0.4, -0.2) is 19.1 Å². The van der Waals surface area contributed by atoms with Gasteiger partial charge in [0.05, 0.1) is 33.3 Å². The number of nitrogens with zero attached hydrogens (tertiary/aromatic N) is 4. The summed E-state index contributed by atoms with van der Waals surface area (Å²) in [6.45, 7) is 0. The van der Waals surface area contributed by atoms with Crippen molar-refractivity contribution in [2.45, 2.75) is 0 Å². The van der Waals surface area contributed by atoms with Crippen molar-refractivity contribution in [3.63, 3.8) is 0 Å². The molecule has 5 heteroatoms. The lowest BCUT2D eigenvalue weighted by molar-refractivity contribution is 0.668. The third-order valence-corrected chi connectivity index (χ3v) is 9.93. The third-order valence-electron chi connectivity index (χ3n) is 9.93. The molecular formula is C44H26N4O. The zero-order valence-corrected chi connectivity index (χ0v) is 26.2. The number of fused-ring (bicyclic) bond motifs is 11. The highest BCUT2D eigenvalue weighted by Gasteiger charge is 2.22. The van der Waals surface area contributed by atoms with Crippen molar-refractivity contribution in [3.8, 4) is 22.9 Å². The van der Waals surface area contributed by atoms with Gasteiger partial charge in [-0.25, -0.2) is 9.97 Å². The number of rotatable bonds is 3. The number of benzene rings is 7. The van der Waals surface area contributed by atoms with Crippen molar-refractivity contribution in [1.29, 1.82) is 0 Å². The Balaban J connectivity index is 1.24. The molecule has 228 valence electrons. The Hall–Kier alpha value is -6.72. The Morgan fingerprint density at radius 1 is 0.408 bits per heavy atom. The van der Waals surface area contributed by atoms with Gasteiger partial charge in [-0.1, -0.05) is 103 Å². The highest BCUT2D eigenvalue weighted by atomic mass is 16.3. The predicted octanol–water partition coefficient (Wildman–Crippen LogP) is 11.4. The van der Waals surface area contributed by atoms with Crippen LogP contribution in [0.5, 0.6) is 0 Å². The Morgan fingerprint density at radius 2 is 1.00 bits per heavy atom. The molecule has 0 aliphatic heterocycles. The fraction of sp³-hybridized carbons (Fsp3) is 0. The molecule has 4 heterocycles. The van der Waals surface area contributed by atoms with Crippen molar-refractivity contribution < 1.29 is 4.42 Å². The fourth-order valence-electron chi connectivity index (χ4n) is 7.85. The summed E-state index contributed by atoms with van der Waals surface area (Å²) < 4.78 is 10.9. The van der Waals surface area contributed by atoms with Crippen LogP contribution in [0.15, 0.2) is 162 Å². The maximum atomic E-state index is 6.34. The molecule has 0 saturated heterocycles. The van der Waals surface area contributed by atoms with Crippen LogP contribution in [0.4, 0.5) is 0 Å².